The van der Waals surface area contributed by atoms with E-state index < -0.39 is 15.4 Å². The lowest BCUT2D eigenvalue weighted by molar-refractivity contribution is 0.147. The standard InChI is InChI=1S/C22H46O4S/c1-3-5-6-7-8-9-10-11-12-14-18-21(23)19-15-13-16-20-22(17-4-2)27(24,25)26/h21-23H,3-20H2,1-2H3,(H,24,25,26). The van der Waals surface area contributed by atoms with Crippen molar-refractivity contribution in [2.75, 3.05) is 0 Å². The van der Waals surface area contributed by atoms with Crippen molar-refractivity contribution in [3.8, 4) is 0 Å². The average Bonchev–Trinajstić information content (AvgIpc) is 2.61. The van der Waals surface area contributed by atoms with Gasteiger partial charge in [-0.15, -0.1) is 0 Å². The third-order valence-corrected chi connectivity index (χ3v) is 6.80. The Kier molecular flexibility index (Phi) is 17.8. The lowest BCUT2D eigenvalue weighted by Gasteiger charge is -2.13. The van der Waals surface area contributed by atoms with E-state index in [1.807, 2.05) is 6.92 Å². The van der Waals surface area contributed by atoms with E-state index in [0.717, 1.165) is 44.9 Å². The predicted molar refractivity (Wildman–Crippen MR) is 116 cm³/mol. The van der Waals surface area contributed by atoms with E-state index in [4.69, 9.17) is 0 Å². The Bertz CT molecular complexity index is 409. The SMILES string of the molecule is CCCCCCCCCCCCC(O)CCCCCC(CCC)S(=O)(=O)O. The second-order valence-electron chi connectivity index (χ2n) is 8.19. The molecule has 2 N–H and O–H groups in total. The van der Waals surface area contributed by atoms with Gasteiger partial charge < -0.3 is 5.11 Å². The highest BCUT2D eigenvalue weighted by atomic mass is 32.2. The molecule has 0 amide bonds. The van der Waals surface area contributed by atoms with Crippen molar-refractivity contribution < 1.29 is 18.1 Å². The minimum Gasteiger partial charge on any atom is -0.393 e. The Labute approximate surface area is 169 Å². The first-order valence-electron chi connectivity index (χ1n) is 11.6. The van der Waals surface area contributed by atoms with Crippen molar-refractivity contribution in [1.82, 2.24) is 0 Å². The number of aliphatic hydroxyl groups is 1. The number of aliphatic hydroxyl groups excluding tert-OH is 1. The van der Waals surface area contributed by atoms with Crippen LogP contribution in [0.3, 0.4) is 0 Å². The molecule has 0 heterocycles. The lowest BCUT2D eigenvalue weighted by Crippen LogP contribution is -2.20. The first-order chi connectivity index (χ1) is 12.9. The lowest BCUT2D eigenvalue weighted by atomic mass is 10.0. The second kappa shape index (κ2) is 17.9. The summed E-state index contributed by atoms with van der Waals surface area (Å²) in [5.74, 6) is 0. The fraction of sp³-hybridized carbons (Fsp3) is 1.00. The van der Waals surface area contributed by atoms with Crippen LogP contribution in [0.5, 0.6) is 0 Å². The Balaban J connectivity index is 3.47. The summed E-state index contributed by atoms with van der Waals surface area (Å²) in [6.07, 6.45) is 19.1. The van der Waals surface area contributed by atoms with Gasteiger partial charge in [0.15, 0.2) is 0 Å². The molecule has 0 aromatic carbocycles. The Hall–Kier alpha value is -0.130. The van der Waals surface area contributed by atoms with Crippen molar-refractivity contribution in [3.05, 3.63) is 0 Å². The van der Waals surface area contributed by atoms with Crippen LogP contribution in [-0.2, 0) is 10.1 Å². The van der Waals surface area contributed by atoms with E-state index in [2.05, 4.69) is 6.92 Å². The van der Waals surface area contributed by atoms with E-state index in [1.165, 1.54) is 57.8 Å². The third-order valence-electron chi connectivity index (χ3n) is 5.49. The molecule has 0 aliphatic heterocycles. The van der Waals surface area contributed by atoms with Crippen LogP contribution in [0.25, 0.3) is 0 Å². The summed E-state index contributed by atoms with van der Waals surface area (Å²) in [6.45, 7) is 4.18. The molecule has 0 bridgehead atoms. The van der Waals surface area contributed by atoms with Crippen LogP contribution < -0.4 is 0 Å². The highest BCUT2D eigenvalue weighted by Crippen LogP contribution is 2.18. The summed E-state index contributed by atoms with van der Waals surface area (Å²) in [5.41, 5.74) is 0. The first kappa shape index (κ1) is 26.9. The van der Waals surface area contributed by atoms with E-state index in [-0.39, 0.29) is 6.10 Å². The number of unbranched alkanes of at least 4 members (excludes halogenated alkanes) is 11. The molecule has 0 aromatic heterocycles. The molecule has 2 atom stereocenters. The van der Waals surface area contributed by atoms with Crippen LogP contribution in [0.1, 0.15) is 129 Å². The van der Waals surface area contributed by atoms with Crippen LogP contribution in [0, 0.1) is 0 Å². The zero-order valence-electron chi connectivity index (χ0n) is 18.0. The maximum Gasteiger partial charge on any atom is 0.267 e. The maximum absolute atomic E-state index is 11.3. The molecule has 0 spiro atoms. The van der Waals surface area contributed by atoms with Gasteiger partial charge in [0.05, 0.1) is 11.4 Å². The van der Waals surface area contributed by atoms with Gasteiger partial charge in [0.1, 0.15) is 0 Å². The molecule has 0 fully saturated rings. The zero-order valence-corrected chi connectivity index (χ0v) is 18.8. The number of hydrogen-bond acceptors (Lipinski definition) is 3. The van der Waals surface area contributed by atoms with Gasteiger partial charge in [-0.3, -0.25) is 4.55 Å². The van der Waals surface area contributed by atoms with E-state index in [9.17, 15) is 18.1 Å². The highest BCUT2D eigenvalue weighted by molar-refractivity contribution is 7.86. The molecule has 2 unspecified atom stereocenters. The number of hydrogen-bond donors (Lipinski definition) is 2. The normalized spacial score (nSPS) is 14.4. The highest BCUT2D eigenvalue weighted by Gasteiger charge is 2.21. The van der Waals surface area contributed by atoms with Crippen molar-refractivity contribution in [2.24, 2.45) is 0 Å². The maximum atomic E-state index is 11.3. The van der Waals surface area contributed by atoms with Crippen molar-refractivity contribution in [2.45, 2.75) is 141 Å². The number of rotatable bonds is 20. The van der Waals surface area contributed by atoms with E-state index in [1.54, 1.807) is 0 Å². The van der Waals surface area contributed by atoms with Gasteiger partial charge in [0, 0.05) is 0 Å². The molecule has 4 nitrogen and oxygen atoms in total. The second-order valence-corrected chi connectivity index (χ2v) is 9.88. The molecule has 0 saturated carbocycles. The minimum absolute atomic E-state index is 0.216. The smallest absolute Gasteiger partial charge is 0.267 e. The monoisotopic (exact) mass is 406 g/mol. The fourth-order valence-corrected chi connectivity index (χ4v) is 4.70. The van der Waals surface area contributed by atoms with Gasteiger partial charge in [0.25, 0.3) is 10.1 Å². The molecule has 0 radical (unpaired) electrons. The van der Waals surface area contributed by atoms with E-state index >= 15 is 0 Å². The summed E-state index contributed by atoms with van der Waals surface area (Å²) in [7, 11) is -3.91. The summed E-state index contributed by atoms with van der Waals surface area (Å²) < 4.78 is 31.8. The minimum atomic E-state index is -3.91. The summed E-state index contributed by atoms with van der Waals surface area (Å²) in [6, 6.07) is 0. The first-order valence-corrected chi connectivity index (χ1v) is 13.1. The van der Waals surface area contributed by atoms with Gasteiger partial charge >= 0.3 is 0 Å². The fourth-order valence-electron chi connectivity index (χ4n) is 3.70. The third kappa shape index (κ3) is 17.7. The Morgan fingerprint density at radius 1 is 0.593 bits per heavy atom. The van der Waals surface area contributed by atoms with Gasteiger partial charge in [-0.05, 0) is 25.7 Å². The molecule has 0 aliphatic carbocycles. The van der Waals surface area contributed by atoms with Gasteiger partial charge in [-0.1, -0.05) is 104 Å². The summed E-state index contributed by atoms with van der Waals surface area (Å²) in [4.78, 5) is 0. The van der Waals surface area contributed by atoms with E-state index in [0.29, 0.717) is 12.8 Å². The Morgan fingerprint density at radius 3 is 1.44 bits per heavy atom. The van der Waals surface area contributed by atoms with Crippen LogP contribution in [0.2, 0.25) is 0 Å². The van der Waals surface area contributed by atoms with Gasteiger partial charge in [0.2, 0.25) is 0 Å². The van der Waals surface area contributed by atoms with Gasteiger partial charge in [-0.2, -0.15) is 8.42 Å². The topological polar surface area (TPSA) is 74.6 Å². The quantitative estimate of drug-likeness (QED) is 0.175. The molecule has 164 valence electrons. The van der Waals surface area contributed by atoms with Crippen LogP contribution >= 0.6 is 0 Å². The van der Waals surface area contributed by atoms with Crippen LogP contribution in [0.15, 0.2) is 0 Å². The molecular weight excluding hydrogens is 360 g/mol. The largest absolute Gasteiger partial charge is 0.393 e. The predicted octanol–water partition coefficient (Wildman–Crippen LogP) is 6.67. The van der Waals surface area contributed by atoms with Gasteiger partial charge in [-0.25, -0.2) is 0 Å². The molecule has 5 heteroatoms. The molecule has 27 heavy (non-hydrogen) atoms. The average molecular weight is 407 g/mol. The van der Waals surface area contributed by atoms with Crippen molar-refractivity contribution in [1.29, 1.82) is 0 Å². The molecule has 0 rings (SSSR count). The van der Waals surface area contributed by atoms with Crippen LogP contribution in [-0.4, -0.2) is 29.4 Å². The molecule has 0 aliphatic rings. The molecule has 0 saturated heterocycles. The summed E-state index contributed by atoms with van der Waals surface area (Å²) >= 11 is 0. The molecular formula is C22H46O4S. The van der Waals surface area contributed by atoms with Crippen LogP contribution in [0.4, 0.5) is 0 Å². The van der Waals surface area contributed by atoms with Crippen molar-refractivity contribution in [3.63, 3.8) is 0 Å². The van der Waals surface area contributed by atoms with Crippen molar-refractivity contribution >= 4 is 10.1 Å². The summed E-state index contributed by atoms with van der Waals surface area (Å²) in [5, 5.41) is 9.45. The molecule has 0 aromatic rings. The zero-order chi connectivity index (χ0) is 20.4. The Morgan fingerprint density at radius 2 is 1.00 bits per heavy atom.